The Balaban J connectivity index is 2.01. The van der Waals surface area contributed by atoms with Crippen molar-refractivity contribution in [1.29, 1.82) is 0 Å². The molecule has 2 rings (SSSR count). The van der Waals surface area contributed by atoms with Gasteiger partial charge < -0.3 is 34.6 Å². The number of carbonyl (C=O) groups excluding carboxylic acids is 2. The summed E-state index contributed by atoms with van der Waals surface area (Å²) in [6, 6.07) is 7.33. The summed E-state index contributed by atoms with van der Waals surface area (Å²) < 4.78 is 15.7. The lowest BCUT2D eigenvalue weighted by Crippen LogP contribution is -2.31. The van der Waals surface area contributed by atoms with Crippen LogP contribution in [0.2, 0.25) is 0 Å². The normalized spacial score (nSPS) is 10.9. The molecule has 0 saturated carbocycles. The van der Waals surface area contributed by atoms with Crippen molar-refractivity contribution >= 4 is 35.2 Å². The van der Waals surface area contributed by atoms with Crippen molar-refractivity contribution in [2.75, 3.05) is 44.7 Å². The number of likely N-dealkylation sites (N-methyl/N-ethyl adjacent to an activating group) is 1. The van der Waals surface area contributed by atoms with Crippen molar-refractivity contribution < 1.29 is 38.8 Å². The fourth-order valence-electron chi connectivity index (χ4n) is 3.82. The van der Waals surface area contributed by atoms with Gasteiger partial charge in [-0.2, -0.15) is 0 Å². The van der Waals surface area contributed by atoms with Crippen LogP contribution >= 0.6 is 0 Å². The SMILES string of the molecule is CCCCCCCCOCC(=O)N(C)c1ccc(NC(=O)/C=C/c2cc(OC)c(O)c(OC)c2)cc1C(=O)O. The summed E-state index contributed by atoms with van der Waals surface area (Å²) in [5.41, 5.74) is 0.827. The van der Waals surface area contributed by atoms with Gasteiger partial charge in [-0.15, -0.1) is 0 Å². The van der Waals surface area contributed by atoms with Gasteiger partial charge in [0.2, 0.25) is 11.7 Å². The van der Waals surface area contributed by atoms with Crippen LogP contribution in [0.5, 0.6) is 17.2 Å². The van der Waals surface area contributed by atoms with Gasteiger partial charge in [0.05, 0.1) is 25.5 Å². The standard InChI is InChI=1S/C29H38N2O8/c1-5-6-7-8-9-10-15-39-19-27(33)31(2)23-13-12-21(18-22(23)29(35)36)30-26(32)14-11-20-16-24(37-3)28(34)25(17-20)38-4/h11-14,16-18,34H,5-10,15,19H2,1-4H3,(H,30,32)(H,35,36)/b14-11+. The molecule has 39 heavy (non-hydrogen) atoms. The van der Waals surface area contributed by atoms with E-state index in [1.807, 2.05) is 0 Å². The number of anilines is 2. The van der Waals surface area contributed by atoms with E-state index in [4.69, 9.17) is 14.2 Å². The predicted molar refractivity (Wildman–Crippen MR) is 150 cm³/mol. The molecule has 0 saturated heterocycles. The number of amides is 2. The first-order valence-corrected chi connectivity index (χ1v) is 12.9. The number of phenols is 1. The molecule has 0 atom stereocenters. The molecular weight excluding hydrogens is 504 g/mol. The third-order valence-electron chi connectivity index (χ3n) is 6.03. The average Bonchev–Trinajstić information content (AvgIpc) is 2.93. The number of nitrogens with zero attached hydrogens (tertiary/aromatic N) is 1. The summed E-state index contributed by atoms with van der Waals surface area (Å²) >= 11 is 0. The Labute approximate surface area is 229 Å². The highest BCUT2D eigenvalue weighted by Crippen LogP contribution is 2.37. The zero-order valence-corrected chi connectivity index (χ0v) is 23.0. The van der Waals surface area contributed by atoms with Crippen LogP contribution in [0.1, 0.15) is 61.4 Å². The average molecular weight is 543 g/mol. The van der Waals surface area contributed by atoms with Crippen LogP contribution in [-0.2, 0) is 14.3 Å². The Morgan fingerprint density at radius 2 is 1.62 bits per heavy atom. The lowest BCUT2D eigenvalue weighted by molar-refractivity contribution is -0.122. The number of carboxylic acids is 1. The number of ether oxygens (including phenoxy) is 3. The largest absolute Gasteiger partial charge is 0.502 e. The van der Waals surface area contributed by atoms with E-state index in [1.54, 1.807) is 0 Å². The van der Waals surface area contributed by atoms with E-state index >= 15 is 0 Å². The molecule has 212 valence electrons. The first-order chi connectivity index (χ1) is 18.7. The van der Waals surface area contributed by atoms with Gasteiger partial charge >= 0.3 is 5.97 Å². The molecule has 2 aromatic rings. The van der Waals surface area contributed by atoms with Crippen molar-refractivity contribution in [2.45, 2.75) is 45.4 Å². The number of rotatable bonds is 16. The van der Waals surface area contributed by atoms with Crippen molar-refractivity contribution in [2.24, 2.45) is 0 Å². The van der Waals surface area contributed by atoms with Crippen LogP contribution in [0.25, 0.3) is 6.08 Å². The Hall–Kier alpha value is -4.05. The maximum Gasteiger partial charge on any atom is 0.337 e. The summed E-state index contributed by atoms with van der Waals surface area (Å²) in [4.78, 5) is 38.2. The monoisotopic (exact) mass is 542 g/mol. The van der Waals surface area contributed by atoms with Crippen molar-refractivity contribution in [1.82, 2.24) is 0 Å². The summed E-state index contributed by atoms with van der Waals surface area (Å²) in [5.74, 6) is -1.92. The van der Waals surface area contributed by atoms with Gasteiger partial charge in [-0.1, -0.05) is 39.0 Å². The topological polar surface area (TPSA) is 135 Å². The van der Waals surface area contributed by atoms with Crippen LogP contribution in [0.4, 0.5) is 11.4 Å². The van der Waals surface area contributed by atoms with Crippen molar-refractivity contribution in [3.63, 3.8) is 0 Å². The minimum atomic E-state index is -1.24. The Morgan fingerprint density at radius 3 is 2.23 bits per heavy atom. The number of phenolic OH excluding ortho intramolecular Hbond substituents is 1. The van der Waals surface area contributed by atoms with Gasteiger partial charge in [0.15, 0.2) is 11.5 Å². The number of unbranched alkanes of at least 4 members (excludes halogenated alkanes) is 5. The first-order valence-electron chi connectivity index (χ1n) is 12.9. The third kappa shape index (κ3) is 9.64. The molecule has 2 amide bonds. The Kier molecular flexibility index (Phi) is 12.8. The molecule has 2 aromatic carbocycles. The molecule has 10 nitrogen and oxygen atoms in total. The highest BCUT2D eigenvalue weighted by atomic mass is 16.5. The summed E-state index contributed by atoms with van der Waals surface area (Å²) in [6.07, 6.45) is 9.41. The summed E-state index contributed by atoms with van der Waals surface area (Å²) in [6.45, 7) is 2.49. The highest BCUT2D eigenvalue weighted by molar-refractivity contribution is 6.05. The number of carboxylic acid groups (broad SMARTS) is 1. The van der Waals surface area contributed by atoms with Crippen molar-refractivity contribution in [3.8, 4) is 17.2 Å². The van der Waals surface area contributed by atoms with Gasteiger partial charge in [-0.3, -0.25) is 9.59 Å². The molecule has 0 aliphatic heterocycles. The molecule has 0 aliphatic rings. The number of aromatic carboxylic acids is 1. The quantitative estimate of drug-likeness (QED) is 0.197. The van der Waals surface area contributed by atoms with Gasteiger partial charge in [0, 0.05) is 25.4 Å². The molecule has 0 bridgehead atoms. The Bertz CT molecular complexity index is 1140. The molecule has 0 unspecified atom stereocenters. The van der Waals surface area contributed by atoms with E-state index in [1.165, 1.54) is 87.9 Å². The number of hydrogen-bond donors (Lipinski definition) is 3. The smallest absolute Gasteiger partial charge is 0.337 e. The molecule has 0 aromatic heterocycles. The minimum Gasteiger partial charge on any atom is -0.502 e. The lowest BCUT2D eigenvalue weighted by atomic mass is 10.1. The molecular formula is C29H38N2O8. The van der Waals surface area contributed by atoms with Gasteiger partial charge in [0.1, 0.15) is 6.61 Å². The zero-order chi connectivity index (χ0) is 28.8. The van der Waals surface area contributed by atoms with Crippen molar-refractivity contribution in [3.05, 3.63) is 47.5 Å². The summed E-state index contributed by atoms with van der Waals surface area (Å²) in [5, 5.41) is 22.3. The zero-order valence-electron chi connectivity index (χ0n) is 23.0. The van der Waals surface area contributed by atoms with E-state index in [-0.39, 0.29) is 46.7 Å². The second kappa shape index (κ2) is 16.0. The molecule has 0 heterocycles. The second-order valence-corrected chi connectivity index (χ2v) is 8.91. The van der Waals surface area contributed by atoms with E-state index < -0.39 is 11.9 Å². The van der Waals surface area contributed by atoms with E-state index in [0.29, 0.717) is 12.2 Å². The predicted octanol–water partition coefficient (Wildman–Crippen LogP) is 5.10. The molecule has 10 heteroatoms. The van der Waals surface area contributed by atoms with Crippen LogP contribution in [0.3, 0.4) is 0 Å². The third-order valence-corrected chi connectivity index (χ3v) is 6.03. The van der Waals surface area contributed by atoms with Crippen LogP contribution in [-0.4, -0.2) is 62.5 Å². The maximum absolute atomic E-state index is 12.6. The minimum absolute atomic E-state index is 0.142. The molecule has 0 fully saturated rings. The number of benzene rings is 2. The van der Waals surface area contributed by atoms with Gasteiger partial charge in [-0.25, -0.2) is 4.79 Å². The van der Waals surface area contributed by atoms with Crippen LogP contribution in [0.15, 0.2) is 36.4 Å². The molecule has 0 aliphatic carbocycles. The number of aromatic hydroxyl groups is 1. The van der Waals surface area contributed by atoms with Gasteiger partial charge in [0.25, 0.3) is 5.91 Å². The van der Waals surface area contributed by atoms with E-state index in [2.05, 4.69) is 12.2 Å². The maximum atomic E-state index is 12.6. The molecule has 0 spiro atoms. The number of hydrogen-bond acceptors (Lipinski definition) is 7. The Morgan fingerprint density at radius 1 is 0.974 bits per heavy atom. The number of nitrogens with one attached hydrogen (secondary N) is 1. The molecule has 0 radical (unpaired) electrons. The number of methoxy groups -OCH3 is 2. The fraction of sp³-hybridized carbons (Fsp3) is 0.414. The fourth-order valence-corrected chi connectivity index (χ4v) is 3.82. The molecule has 3 N–H and O–H groups in total. The summed E-state index contributed by atoms with van der Waals surface area (Å²) in [7, 11) is 4.28. The van der Waals surface area contributed by atoms with Crippen LogP contribution < -0.4 is 19.7 Å². The van der Waals surface area contributed by atoms with E-state index in [9.17, 15) is 24.6 Å². The van der Waals surface area contributed by atoms with Gasteiger partial charge in [-0.05, 0) is 48.4 Å². The van der Waals surface area contributed by atoms with E-state index in [0.717, 1.165) is 19.3 Å². The number of carbonyl (C=O) groups is 3. The second-order valence-electron chi connectivity index (χ2n) is 8.91. The highest BCUT2D eigenvalue weighted by Gasteiger charge is 2.19. The lowest BCUT2D eigenvalue weighted by Gasteiger charge is -2.20. The van der Waals surface area contributed by atoms with Crippen LogP contribution in [0, 0.1) is 0 Å². The first kappa shape index (κ1) is 31.2.